The normalized spacial score (nSPS) is 35.0. The Balaban J connectivity index is 3.29. The number of halogens is 1. The predicted octanol–water partition coefficient (Wildman–Crippen LogP) is 0.140. The van der Waals surface area contributed by atoms with Gasteiger partial charge < -0.3 is 15.0 Å². The molecule has 1 amide bonds. The summed E-state index contributed by atoms with van der Waals surface area (Å²) >= 11 is 0. The lowest BCUT2D eigenvalue weighted by Crippen LogP contribution is -2.71. The lowest BCUT2D eigenvalue weighted by Gasteiger charge is -2.47. The van der Waals surface area contributed by atoms with Crippen molar-refractivity contribution >= 4 is 12.1 Å². The second kappa shape index (κ2) is 3.69. The average molecular weight is 233 g/mol. The van der Waals surface area contributed by atoms with E-state index < -0.39 is 34.3 Å². The fourth-order valence-electron chi connectivity index (χ4n) is 2.44. The molecule has 0 aliphatic carbocycles. The number of alkyl halides is 1. The maximum absolute atomic E-state index is 13.3. The molecule has 1 aliphatic rings. The molecule has 0 aromatic carbocycles. The van der Waals surface area contributed by atoms with E-state index in [1.54, 1.807) is 20.8 Å². The molecule has 92 valence electrons. The number of likely N-dealkylation sites (tertiary alicyclic amines) is 1. The van der Waals surface area contributed by atoms with Crippen molar-refractivity contribution in [2.24, 2.45) is 0 Å². The van der Waals surface area contributed by atoms with Crippen LogP contribution in [-0.2, 0) is 4.79 Å². The van der Waals surface area contributed by atoms with Gasteiger partial charge in [0.2, 0.25) is 0 Å². The van der Waals surface area contributed by atoms with Gasteiger partial charge in [0.15, 0.2) is 12.2 Å². The molecule has 0 aromatic rings. The van der Waals surface area contributed by atoms with Gasteiger partial charge in [0, 0.05) is 6.42 Å². The predicted molar refractivity (Wildman–Crippen MR) is 51.2 cm³/mol. The van der Waals surface area contributed by atoms with Crippen LogP contribution >= 0.6 is 0 Å². The summed E-state index contributed by atoms with van der Waals surface area (Å²) in [4.78, 5) is 22.3. The lowest BCUT2D eigenvalue weighted by molar-refractivity contribution is -0.923. The monoisotopic (exact) mass is 233 g/mol. The van der Waals surface area contributed by atoms with E-state index >= 15 is 0 Å². The number of carbonyl (C=O) groups excluding carboxylic acids is 1. The van der Waals surface area contributed by atoms with Gasteiger partial charge in [0.05, 0.1) is 5.54 Å². The molecule has 1 rings (SSSR count). The summed E-state index contributed by atoms with van der Waals surface area (Å²) in [5, 5.41) is 20.3. The van der Waals surface area contributed by atoms with Crippen LogP contribution in [0, 0.1) is 0 Å². The molecule has 1 fully saturated rings. The van der Waals surface area contributed by atoms with E-state index in [0.717, 1.165) is 0 Å². The van der Waals surface area contributed by atoms with Crippen LogP contribution in [0.5, 0.6) is 0 Å². The molecule has 1 N–H and O–H groups in total. The number of nitrogens with zero attached hydrogens (tertiary/aromatic N) is 1. The summed E-state index contributed by atoms with van der Waals surface area (Å²) in [7, 11) is 0. The minimum absolute atomic E-state index is 0.277. The van der Waals surface area contributed by atoms with Crippen LogP contribution in [0.1, 0.15) is 27.2 Å². The van der Waals surface area contributed by atoms with Gasteiger partial charge in [0.25, 0.3) is 6.09 Å². The SMILES string of the molecule is CC(C)(C)[N+]1(C(=O)[O-])C[C@H](F)C[C@H]1C(=O)O. The number of carboxylic acid groups (broad SMARTS) is 2. The van der Waals surface area contributed by atoms with Crippen molar-refractivity contribution in [3.05, 3.63) is 0 Å². The first-order valence-corrected chi connectivity index (χ1v) is 5.09. The number of rotatable bonds is 1. The Morgan fingerprint density at radius 1 is 1.44 bits per heavy atom. The molecule has 0 radical (unpaired) electrons. The van der Waals surface area contributed by atoms with Crippen molar-refractivity contribution in [3.63, 3.8) is 0 Å². The highest BCUT2D eigenvalue weighted by atomic mass is 19.1. The van der Waals surface area contributed by atoms with E-state index in [4.69, 9.17) is 5.11 Å². The Labute approximate surface area is 93.1 Å². The molecule has 0 saturated carbocycles. The smallest absolute Gasteiger partial charge is 0.363 e. The molecule has 16 heavy (non-hydrogen) atoms. The number of quaternary nitrogens is 1. The topological polar surface area (TPSA) is 77.4 Å². The zero-order valence-corrected chi connectivity index (χ0v) is 9.57. The Bertz CT molecular complexity index is 325. The first-order chi connectivity index (χ1) is 7.13. The molecule has 6 heteroatoms. The van der Waals surface area contributed by atoms with E-state index in [-0.39, 0.29) is 13.0 Å². The van der Waals surface area contributed by atoms with Crippen LogP contribution in [0.15, 0.2) is 0 Å². The Hall–Kier alpha value is -1.17. The largest absolute Gasteiger partial charge is 0.498 e. The molecule has 0 bridgehead atoms. The van der Waals surface area contributed by atoms with Gasteiger partial charge in [0.1, 0.15) is 6.54 Å². The van der Waals surface area contributed by atoms with Gasteiger partial charge >= 0.3 is 5.97 Å². The quantitative estimate of drug-likeness (QED) is 0.653. The maximum Gasteiger partial charge on any atom is 0.363 e. The number of aliphatic carboxylic acids is 1. The zero-order valence-electron chi connectivity index (χ0n) is 9.57. The van der Waals surface area contributed by atoms with E-state index in [2.05, 4.69) is 0 Å². The molecule has 1 unspecified atom stereocenters. The third-order valence-corrected chi connectivity index (χ3v) is 3.31. The van der Waals surface area contributed by atoms with Gasteiger partial charge in [-0.25, -0.2) is 9.18 Å². The molecule has 0 aromatic heterocycles. The van der Waals surface area contributed by atoms with Gasteiger partial charge in [-0.15, -0.1) is 0 Å². The Morgan fingerprint density at radius 2 is 1.94 bits per heavy atom. The molecule has 5 nitrogen and oxygen atoms in total. The second-order valence-electron chi connectivity index (χ2n) is 5.18. The summed E-state index contributed by atoms with van der Waals surface area (Å²) in [6.07, 6.45) is -3.22. The van der Waals surface area contributed by atoms with Gasteiger partial charge in [-0.05, 0) is 20.8 Å². The lowest BCUT2D eigenvalue weighted by atomic mass is 10.00. The van der Waals surface area contributed by atoms with Gasteiger partial charge in [-0.3, -0.25) is 4.48 Å². The summed E-state index contributed by atoms with van der Waals surface area (Å²) in [6, 6.07) is -1.28. The highest BCUT2D eigenvalue weighted by Gasteiger charge is 2.59. The minimum atomic E-state index is -1.53. The summed E-state index contributed by atoms with van der Waals surface area (Å²) in [6.45, 7) is 4.40. The zero-order chi connectivity index (χ0) is 12.7. The number of carboxylic acids is 1. The van der Waals surface area contributed by atoms with Crippen molar-refractivity contribution in [2.75, 3.05) is 6.54 Å². The van der Waals surface area contributed by atoms with Crippen molar-refractivity contribution < 1.29 is 28.7 Å². The Kier molecular flexibility index (Phi) is 2.98. The van der Waals surface area contributed by atoms with Crippen LogP contribution < -0.4 is 5.11 Å². The minimum Gasteiger partial charge on any atom is -0.498 e. The molecule has 3 atom stereocenters. The van der Waals surface area contributed by atoms with E-state index in [1.807, 2.05) is 0 Å². The molecule has 1 heterocycles. The first-order valence-electron chi connectivity index (χ1n) is 5.09. The van der Waals surface area contributed by atoms with Crippen LogP contribution in [0.4, 0.5) is 9.18 Å². The van der Waals surface area contributed by atoms with Crippen molar-refractivity contribution in [1.82, 2.24) is 0 Å². The highest BCUT2D eigenvalue weighted by molar-refractivity contribution is 5.75. The molecular formula is C10H16FNO4. The second-order valence-corrected chi connectivity index (χ2v) is 5.18. The fourth-order valence-corrected chi connectivity index (χ4v) is 2.44. The number of hydrogen-bond acceptors (Lipinski definition) is 3. The first kappa shape index (κ1) is 12.9. The molecule has 1 saturated heterocycles. The Morgan fingerprint density at radius 3 is 2.19 bits per heavy atom. The van der Waals surface area contributed by atoms with Gasteiger partial charge in [-0.1, -0.05) is 0 Å². The number of amides is 1. The third kappa shape index (κ3) is 1.67. The van der Waals surface area contributed by atoms with Crippen molar-refractivity contribution in [1.29, 1.82) is 0 Å². The standard InChI is InChI=1S/C10H16FNO4/c1-10(2,3)12(9(15)16)5-6(11)4-7(12)8(13)14/h6-7H,4-5H2,1-3H3,(H-,13,14,15,16)/t6-,7+,12?/m1/s1. The van der Waals surface area contributed by atoms with Crippen LogP contribution in [0.2, 0.25) is 0 Å². The van der Waals surface area contributed by atoms with Crippen LogP contribution in [-0.4, -0.2) is 45.9 Å². The molecule has 1 aliphatic heterocycles. The summed E-state index contributed by atoms with van der Waals surface area (Å²) < 4.78 is 12.5. The van der Waals surface area contributed by atoms with Crippen molar-refractivity contribution in [3.8, 4) is 0 Å². The van der Waals surface area contributed by atoms with Crippen LogP contribution in [0.25, 0.3) is 0 Å². The summed E-state index contributed by atoms with van der Waals surface area (Å²) in [5.74, 6) is -1.29. The maximum atomic E-state index is 13.3. The van der Waals surface area contributed by atoms with E-state index in [1.165, 1.54) is 0 Å². The fraction of sp³-hybridized carbons (Fsp3) is 0.800. The van der Waals surface area contributed by atoms with E-state index in [0.29, 0.717) is 0 Å². The highest BCUT2D eigenvalue weighted by Crippen LogP contribution is 2.37. The average Bonchev–Trinajstić information content (AvgIpc) is 2.42. The third-order valence-electron chi connectivity index (χ3n) is 3.31. The van der Waals surface area contributed by atoms with Gasteiger partial charge in [-0.2, -0.15) is 0 Å². The van der Waals surface area contributed by atoms with E-state index in [9.17, 15) is 19.1 Å². The molecule has 0 spiro atoms. The van der Waals surface area contributed by atoms with Crippen molar-refractivity contribution in [2.45, 2.75) is 44.9 Å². The number of hydrogen-bond donors (Lipinski definition) is 1. The van der Waals surface area contributed by atoms with Crippen LogP contribution in [0.3, 0.4) is 0 Å². The summed E-state index contributed by atoms with van der Waals surface area (Å²) in [5.41, 5.74) is -0.914. The molecular weight excluding hydrogens is 217 g/mol. The number of carbonyl (C=O) groups is 2.